The van der Waals surface area contributed by atoms with E-state index >= 15 is 0 Å². The second-order valence-electron chi connectivity index (χ2n) is 6.52. The Morgan fingerprint density at radius 3 is 1.89 bits per heavy atom. The van der Waals surface area contributed by atoms with Gasteiger partial charge in [0.2, 0.25) is 0 Å². The summed E-state index contributed by atoms with van der Waals surface area (Å²) in [4.78, 5) is 0. The molecule has 1 fully saturated rings. The zero-order valence-corrected chi connectivity index (χ0v) is 12.0. The van der Waals surface area contributed by atoms with Gasteiger partial charge in [0.25, 0.3) is 0 Å². The summed E-state index contributed by atoms with van der Waals surface area (Å²) in [5, 5.41) is 0. The van der Waals surface area contributed by atoms with Crippen LogP contribution < -0.4 is 0 Å². The van der Waals surface area contributed by atoms with Crippen LogP contribution in [0.1, 0.15) is 51.7 Å². The average molecular weight is 248 g/mol. The van der Waals surface area contributed by atoms with Gasteiger partial charge in [0.1, 0.15) is 5.67 Å². The van der Waals surface area contributed by atoms with Crippen molar-refractivity contribution >= 4 is 0 Å². The Bertz CT molecular complexity index is 377. The molecule has 0 amide bonds. The monoisotopic (exact) mass is 248 g/mol. The summed E-state index contributed by atoms with van der Waals surface area (Å²) in [6.07, 6.45) is 2.51. The molecule has 0 nitrogen and oxygen atoms in total. The van der Waals surface area contributed by atoms with Crippen LogP contribution in [-0.2, 0) is 12.1 Å². The lowest BCUT2D eigenvalue weighted by atomic mass is 9.81. The fourth-order valence-electron chi connectivity index (χ4n) is 2.85. The van der Waals surface area contributed by atoms with E-state index in [1.807, 2.05) is 12.1 Å². The molecule has 0 heterocycles. The van der Waals surface area contributed by atoms with Gasteiger partial charge in [-0.15, -0.1) is 0 Å². The van der Waals surface area contributed by atoms with Gasteiger partial charge in [0, 0.05) is 0 Å². The van der Waals surface area contributed by atoms with E-state index in [-0.39, 0.29) is 0 Å². The van der Waals surface area contributed by atoms with Gasteiger partial charge in [-0.2, -0.15) is 0 Å². The lowest BCUT2D eigenvalue weighted by Crippen LogP contribution is -2.18. The zero-order valence-electron chi connectivity index (χ0n) is 12.0. The van der Waals surface area contributed by atoms with Crippen LogP contribution in [0.5, 0.6) is 0 Å². The van der Waals surface area contributed by atoms with Crippen molar-refractivity contribution in [2.24, 2.45) is 17.8 Å². The molecule has 1 aromatic rings. The van der Waals surface area contributed by atoms with Crippen molar-refractivity contribution < 1.29 is 4.39 Å². The molecule has 0 N–H and O–H groups in total. The third-order valence-corrected chi connectivity index (χ3v) is 4.34. The minimum absolute atomic E-state index is 0.695. The molecule has 1 aliphatic carbocycles. The quantitative estimate of drug-likeness (QED) is 0.678. The van der Waals surface area contributed by atoms with E-state index in [9.17, 15) is 4.39 Å². The molecular weight excluding hydrogens is 223 g/mol. The van der Waals surface area contributed by atoms with Crippen molar-refractivity contribution in [3.8, 4) is 0 Å². The molecule has 0 radical (unpaired) electrons. The lowest BCUT2D eigenvalue weighted by Gasteiger charge is -2.25. The minimum atomic E-state index is -0.992. The first-order valence-electron chi connectivity index (χ1n) is 7.21. The highest BCUT2D eigenvalue weighted by Gasteiger charge is 2.44. The molecule has 1 aliphatic rings. The predicted molar refractivity (Wildman–Crippen MR) is 75.3 cm³/mol. The number of benzene rings is 1. The third kappa shape index (κ3) is 2.93. The van der Waals surface area contributed by atoms with E-state index < -0.39 is 5.67 Å². The molecule has 1 aromatic carbocycles. The van der Waals surface area contributed by atoms with Crippen LogP contribution in [0.25, 0.3) is 0 Å². The van der Waals surface area contributed by atoms with Gasteiger partial charge in [0.05, 0.1) is 0 Å². The first-order valence-corrected chi connectivity index (χ1v) is 7.21. The molecule has 0 aliphatic heterocycles. The van der Waals surface area contributed by atoms with E-state index in [0.717, 1.165) is 12.0 Å². The van der Waals surface area contributed by atoms with Gasteiger partial charge in [-0.05, 0) is 48.1 Å². The summed E-state index contributed by atoms with van der Waals surface area (Å²) < 4.78 is 13.9. The largest absolute Gasteiger partial charge is 0.239 e. The van der Waals surface area contributed by atoms with Crippen molar-refractivity contribution in [3.05, 3.63) is 35.4 Å². The van der Waals surface area contributed by atoms with Crippen molar-refractivity contribution in [1.82, 2.24) is 0 Å². The fourth-order valence-corrected chi connectivity index (χ4v) is 2.85. The minimum Gasteiger partial charge on any atom is -0.239 e. The average Bonchev–Trinajstić information content (AvgIpc) is 3.05. The maximum Gasteiger partial charge on any atom is 0.136 e. The van der Waals surface area contributed by atoms with E-state index in [2.05, 4.69) is 39.8 Å². The van der Waals surface area contributed by atoms with Crippen LogP contribution in [-0.4, -0.2) is 0 Å². The number of halogens is 1. The normalized spacial score (nSPS) is 17.8. The number of hydrogen-bond acceptors (Lipinski definition) is 0. The molecule has 1 saturated carbocycles. The second kappa shape index (κ2) is 5.03. The molecule has 1 heteroatoms. The van der Waals surface area contributed by atoms with Crippen molar-refractivity contribution in [1.29, 1.82) is 0 Å². The molecule has 0 saturated heterocycles. The highest BCUT2D eigenvalue weighted by Crippen LogP contribution is 2.49. The maximum absolute atomic E-state index is 13.9. The summed E-state index contributed by atoms with van der Waals surface area (Å²) >= 11 is 0. The fraction of sp³-hybridized carbons (Fsp3) is 0.647. The molecule has 18 heavy (non-hydrogen) atoms. The number of alkyl halides is 1. The summed E-state index contributed by atoms with van der Waals surface area (Å²) in [5.41, 5.74) is 1.22. The lowest BCUT2D eigenvalue weighted by molar-refractivity contribution is 0.286. The van der Waals surface area contributed by atoms with E-state index in [4.69, 9.17) is 0 Å². The van der Waals surface area contributed by atoms with Crippen LogP contribution in [0, 0.1) is 17.8 Å². The van der Waals surface area contributed by atoms with E-state index in [0.29, 0.717) is 30.6 Å². The Kier molecular flexibility index (Phi) is 3.79. The van der Waals surface area contributed by atoms with Crippen LogP contribution in [0.15, 0.2) is 24.3 Å². The Hall–Kier alpha value is -0.850. The van der Waals surface area contributed by atoms with E-state index in [1.165, 1.54) is 5.56 Å². The Balaban J connectivity index is 2.05. The number of rotatable bonds is 5. The molecular formula is C17H25F. The summed E-state index contributed by atoms with van der Waals surface area (Å²) in [5.74, 6) is 2.09. The summed E-state index contributed by atoms with van der Waals surface area (Å²) in [7, 11) is 0. The molecule has 0 spiro atoms. The first-order chi connectivity index (χ1) is 8.42. The molecule has 100 valence electrons. The number of hydrogen-bond donors (Lipinski definition) is 0. The van der Waals surface area contributed by atoms with Crippen LogP contribution in [0.4, 0.5) is 4.39 Å². The maximum atomic E-state index is 13.9. The Morgan fingerprint density at radius 2 is 1.50 bits per heavy atom. The first kappa shape index (κ1) is 13.6. The second-order valence-corrected chi connectivity index (χ2v) is 6.52. The van der Waals surface area contributed by atoms with Gasteiger partial charge in [-0.1, -0.05) is 52.0 Å². The van der Waals surface area contributed by atoms with Gasteiger partial charge >= 0.3 is 0 Å². The molecule has 0 atom stereocenters. The van der Waals surface area contributed by atoms with Crippen LogP contribution >= 0.6 is 0 Å². The summed E-state index contributed by atoms with van der Waals surface area (Å²) in [6, 6.07) is 8.21. The molecule has 0 unspecified atom stereocenters. The smallest absolute Gasteiger partial charge is 0.136 e. The Morgan fingerprint density at radius 1 is 1.00 bits per heavy atom. The van der Waals surface area contributed by atoms with Gasteiger partial charge in [0.15, 0.2) is 0 Å². The molecule has 2 rings (SSSR count). The van der Waals surface area contributed by atoms with Crippen molar-refractivity contribution in [2.45, 2.75) is 52.6 Å². The topological polar surface area (TPSA) is 0 Å². The van der Waals surface area contributed by atoms with Gasteiger partial charge in [-0.25, -0.2) is 4.39 Å². The third-order valence-electron chi connectivity index (χ3n) is 4.34. The SMILES string of the molecule is CC(C)C(Cc1ccc(C2(F)CC2)cc1)C(C)C. The highest BCUT2D eigenvalue weighted by atomic mass is 19.1. The van der Waals surface area contributed by atoms with Crippen molar-refractivity contribution in [2.75, 3.05) is 0 Å². The predicted octanol–water partition coefficient (Wildman–Crippen LogP) is 5.12. The molecule has 0 bridgehead atoms. The van der Waals surface area contributed by atoms with Crippen molar-refractivity contribution in [3.63, 3.8) is 0 Å². The highest BCUT2D eigenvalue weighted by molar-refractivity contribution is 5.31. The van der Waals surface area contributed by atoms with Crippen LogP contribution in [0.2, 0.25) is 0 Å². The molecule has 0 aromatic heterocycles. The van der Waals surface area contributed by atoms with Gasteiger partial charge < -0.3 is 0 Å². The standard InChI is InChI=1S/C17H25F/c1-12(2)16(13(3)4)11-14-5-7-15(8-6-14)17(18)9-10-17/h5-8,12-13,16H,9-11H2,1-4H3. The van der Waals surface area contributed by atoms with Gasteiger partial charge in [-0.3, -0.25) is 0 Å². The summed E-state index contributed by atoms with van der Waals surface area (Å²) in [6.45, 7) is 9.17. The van der Waals surface area contributed by atoms with Crippen LogP contribution in [0.3, 0.4) is 0 Å². The zero-order chi connectivity index (χ0) is 13.3. The van der Waals surface area contributed by atoms with E-state index in [1.54, 1.807) is 0 Å². The Labute approximate surface area is 111 Å².